The van der Waals surface area contributed by atoms with Crippen LogP contribution < -0.4 is 0 Å². The number of piperidine rings is 1. The van der Waals surface area contributed by atoms with Gasteiger partial charge in [-0.05, 0) is 30.4 Å². The van der Waals surface area contributed by atoms with E-state index in [-0.39, 0.29) is 18.4 Å². The van der Waals surface area contributed by atoms with Crippen LogP contribution in [-0.4, -0.2) is 76.3 Å². The number of carbonyl (C=O) groups is 2. The van der Waals surface area contributed by atoms with Crippen LogP contribution in [0.1, 0.15) is 20.3 Å². The number of para-hydroxylation sites is 2. The summed E-state index contributed by atoms with van der Waals surface area (Å²) in [5, 5.41) is 0.726. The standard InChI is InChI=1S/C22H30N4O3S/c1-16-11-17(2)13-25(12-16)20(27)14-26-19-6-4-3-5-18(19)23-22(26)30-15-21(28)24-7-9-29-10-8-24/h3-6,16-17H,7-15H2,1-2H3/t16-,17-/m1/s1. The lowest BCUT2D eigenvalue weighted by molar-refractivity contribution is -0.134. The Kier molecular flexibility index (Phi) is 6.63. The molecule has 30 heavy (non-hydrogen) atoms. The zero-order chi connectivity index (χ0) is 21.1. The van der Waals surface area contributed by atoms with Gasteiger partial charge in [-0.3, -0.25) is 9.59 Å². The molecule has 0 unspecified atom stereocenters. The third-order valence-corrected chi connectivity index (χ3v) is 6.78. The van der Waals surface area contributed by atoms with E-state index in [4.69, 9.17) is 9.72 Å². The molecule has 0 aliphatic carbocycles. The number of amides is 2. The first kappa shape index (κ1) is 21.2. The Bertz CT molecular complexity index is 899. The third-order valence-electron chi connectivity index (χ3n) is 5.82. The van der Waals surface area contributed by atoms with Crippen molar-refractivity contribution >= 4 is 34.6 Å². The molecule has 2 amide bonds. The lowest BCUT2D eigenvalue weighted by atomic mass is 9.92. The first-order chi connectivity index (χ1) is 14.5. The molecule has 3 heterocycles. The summed E-state index contributed by atoms with van der Waals surface area (Å²) in [5.41, 5.74) is 1.79. The molecule has 0 N–H and O–H groups in total. The maximum Gasteiger partial charge on any atom is 0.242 e. The summed E-state index contributed by atoms with van der Waals surface area (Å²) in [7, 11) is 0. The molecule has 0 saturated carbocycles. The summed E-state index contributed by atoms with van der Waals surface area (Å²) in [6, 6.07) is 7.85. The van der Waals surface area contributed by atoms with Gasteiger partial charge in [-0.15, -0.1) is 0 Å². The van der Waals surface area contributed by atoms with Gasteiger partial charge in [0.05, 0.1) is 30.0 Å². The highest BCUT2D eigenvalue weighted by Gasteiger charge is 2.27. The molecule has 2 saturated heterocycles. The minimum atomic E-state index is 0.0897. The van der Waals surface area contributed by atoms with Crippen LogP contribution in [0, 0.1) is 11.8 Å². The first-order valence-electron chi connectivity index (χ1n) is 10.7. The number of fused-ring (bicyclic) bond motifs is 1. The molecule has 4 rings (SSSR count). The van der Waals surface area contributed by atoms with E-state index < -0.39 is 0 Å². The van der Waals surface area contributed by atoms with Crippen molar-refractivity contribution in [2.45, 2.75) is 32.0 Å². The number of rotatable bonds is 5. The van der Waals surface area contributed by atoms with E-state index in [1.165, 1.54) is 18.2 Å². The van der Waals surface area contributed by atoms with Gasteiger partial charge in [0.1, 0.15) is 6.54 Å². The number of benzene rings is 1. The molecule has 7 nitrogen and oxygen atoms in total. The van der Waals surface area contributed by atoms with Crippen LogP contribution in [0.2, 0.25) is 0 Å². The quantitative estimate of drug-likeness (QED) is 0.682. The number of ether oxygens (including phenoxy) is 1. The van der Waals surface area contributed by atoms with Gasteiger partial charge in [-0.25, -0.2) is 4.98 Å². The summed E-state index contributed by atoms with van der Waals surface area (Å²) < 4.78 is 7.30. The van der Waals surface area contributed by atoms with Crippen LogP contribution in [-0.2, 0) is 20.9 Å². The normalized spacial score (nSPS) is 22.5. The Balaban J connectivity index is 1.50. The van der Waals surface area contributed by atoms with Gasteiger partial charge >= 0.3 is 0 Å². The average Bonchev–Trinajstić information content (AvgIpc) is 3.09. The molecule has 1 aromatic heterocycles. The lowest BCUT2D eigenvalue weighted by Gasteiger charge is -2.35. The summed E-state index contributed by atoms with van der Waals surface area (Å²) in [6.45, 7) is 8.77. The fraction of sp³-hybridized carbons (Fsp3) is 0.591. The minimum Gasteiger partial charge on any atom is -0.378 e. The monoisotopic (exact) mass is 430 g/mol. The van der Waals surface area contributed by atoms with E-state index in [1.807, 2.05) is 38.6 Å². The predicted molar refractivity (Wildman–Crippen MR) is 117 cm³/mol. The number of morpholine rings is 1. The van der Waals surface area contributed by atoms with Gasteiger partial charge in [0, 0.05) is 26.2 Å². The fourth-order valence-corrected chi connectivity index (χ4v) is 5.37. The Morgan fingerprint density at radius 1 is 1.07 bits per heavy atom. The molecule has 0 spiro atoms. The van der Waals surface area contributed by atoms with E-state index in [2.05, 4.69) is 13.8 Å². The number of thioether (sulfide) groups is 1. The Hall–Kier alpha value is -2.06. The second-order valence-electron chi connectivity index (χ2n) is 8.50. The second kappa shape index (κ2) is 9.39. The highest BCUT2D eigenvalue weighted by molar-refractivity contribution is 7.99. The van der Waals surface area contributed by atoms with E-state index in [0.717, 1.165) is 29.3 Å². The summed E-state index contributed by atoms with van der Waals surface area (Å²) in [5.74, 6) is 1.58. The number of likely N-dealkylation sites (tertiary alicyclic amines) is 1. The van der Waals surface area contributed by atoms with E-state index in [9.17, 15) is 9.59 Å². The molecule has 1 aromatic carbocycles. The summed E-state index contributed by atoms with van der Waals surface area (Å²) >= 11 is 1.41. The van der Waals surface area contributed by atoms with Crippen LogP contribution in [0.15, 0.2) is 29.4 Å². The number of aromatic nitrogens is 2. The zero-order valence-corrected chi connectivity index (χ0v) is 18.6. The largest absolute Gasteiger partial charge is 0.378 e. The van der Waals surface area contributed by atoms with Gasteiger partial charge in [-0.1, -0.05) is 37.7 Å². The molecule has 2 aliphatic heterocycles. The van der Waals surface area contributed by atoms with Crippen molar-refractivity contribution in [3.05, 3.63) is 24.3 Å². The first-order valence-corrected chi connectivity index (χ1v) is 11.7. The highest BCUT2D eigenvalue weighted by atomic mass is 32.2. The number of carbonyl (C=O) groups excluding carboxylic acids is 2. The minimum absolute atomic E-state index is 0.0897. The van der Waals surface area contributed by atoms with Crippen molar-refractivity contribution in [3.8, 4) is 0 Å². The Labute approximate surface area is 181 Å². The van der Waals surface area contributed by atoms with Gasteiger partial charge in [-0.2, -0.15) is 0 Å². The molecule has 0 bridgehead atoms. The van der Waals surface area contributed by atoms with Crippen LogP contribution in [0.4, 0.5) is 0 Å². The number of hydrogen-bond donors (Lipinski definition) is 0. The Morgan fingerprint density at radius 2 is 1.77 bits per heavy atom. The summed E-state index contributed by atoms with van der Waals surface area (Å²) in [4.78, 5) is 34.2. The number of imidazole rings is 1. The second-order valence-corrected chi connectivity index (χ2v) is 9.44. The fourth-order valence-electron chi connectivity index (χ4n) is 4.45. The maximum absolute atomic E-state index is 13.1. The van der Waals surface area contributed by atoms with Crippen molar-refractivity contribution in [3.63, 3.8) is 0 Å². The van der Waals surface area contributed by atoms with E-state index >= 15 is 0 Å². The molecule has 0 radical (unpaired) electrons. The van der Waals surface area contributed by atoms with E-state index in [1.54, 1.807) is 0 Å². The number of nitrogens with zero attached hydrogens (tertiary/aromatic N) is 4. The smallest absolute Gasteiger partial charge is 0.242 e. The Morgan fingerprint density at radius 3 is 2.50 bits per heavy atom. The van der Waals surface area contributed by atoms with Gasteiger partial charge in [0.15, 0.2) is 5.16 Å². The zero-order valence-electron chi connectivity index (χ0n) is 17.7. The average molecular weight is 431 g/mol. The van der Waals surface area contributed by atoms with Crippen LogP contribution in [0.5, 0.6) is 0 Å². The molecular weight excluding hydrogens is 400 g/mol. The maximum atomic E-state index is 13.1. The molecule has 8 heteroatoms. The van der Waals surface area contributed by atoms with Crippen molar-refractivity contribution in [1.82, 2.24) is 19.4 Å². The third kappa shape index (κ3) is 4.81. The van der Waals surface area contributed by atoms with Crippen molar-refractivity contribution < 1.29 is 14.3 Å². The molecule has 2 atom stereocenters. The van der Waals surface area contributed by atoms with Crippen molar-refractivity contribution in [1.29, 1.82) is 0 Å². The SMILES string of the molecule is C[C@@H]1C[C@@H](C)CN(C(=O)Cn2c(SCC(=O)N3CCOCC3)nc3ccccc32)C1. The lowest BCUT2D eigenvalue weighted by Crippen LogP contribution is -2.44. The van der Waals surface area contributed by atoms with Gasteiger partial charge < -0.3 is 19.1 Å². The van der Waals surface area contributed by atoms with Crippen LogP contribution in [0.3, 0.4) is 0 Å². The van der Waals surface area contributed by atoms with Crippen molar-refractivity contribution in [2.24, 2.45) is 11.8 Å². The highest BCUT2D eigenvalue weighted by Crippen LogP contribution is 2.26. The van der Waals surface area contributed by atoms with Crippen LogP contribution in [0.25, 0.3) is 11.0 Å². The predicted octanol–water partition coefficient (Wildman–Crippen LogP) is 2.49. The van der Waals surface area contributed by atoms with Crippen LogP contribution >= 0.6 is 11.8 Å². The van der Waals surface area contributed by atoms with Crippen molar-refractivity contribution in [2.75, 3.05) is 45.1 Å². The van der Waals surface area contributed by atoms with Gasteiger partial charge in [0.25, 0.3) is 0 Å². The van der Waals surface area contributed by atoms with Gasteiger partial charge in [0.2, 0.25) is 11.8 Å². The molecule has 2 aromatic rings. The molecular formula is C22H30N4O3S. The topological polar surface area (TPSA) is 67.7 Å². The van der Waals surface area contributed by atoms with E-state index in [0.29, 0.717) is 43.9 Å². The summed E-state index contributed by atoms with van der Waals surface area (Å²) in [6.07, 6.45) is 1.17. The number of hydrogen-bond acceptors (Lipinski definition) is 5. The molecule has 2 aliphatic rings. The molecule has 162 valence electrons. The molecule has 2 fully saturated rings.